The van der Waals surface area contributed by atoms with Gasteiger partial charge in [0.2, 0.25) is 5.24 Å². The maximum Gasteiger partial charge on any atom is 0.222 e. The SMILES string of the molecule is CC(C)(/C=C/C(C)(C)CC(C)(C)C[C@H]1C=CCC1)CC(C)(C)CC(=O)Cl. The van der Waals surface area contributed by atoms with Crippen molar-refractivity contribution in [2.45, 2.75) is 93.9 Å². The molecule has 150 valence electrons. The average Bonchev–Trinajstić information content (AvgIpc) is 2.84. The number of hydrogen-bond donors (Lipinski definition) is 0. The summed E-state index contributed by atoms with van der Waals surface area (Å²) in [7, 11) is 0. The van der Waals surface area contributed by atoms with Crippen LogP contribution in [0, 0.1) is 27.6 Å². The van der Waals surface area contributed by atoms with E-state index in [9.17, 15) is 4.79 Å². The van der Waals surface area contributed by atoms with Crippen LogP contribution in [0.1, 0.15) is 93.9 Å². The molecule has 2 heteroatoms. The molecule has 1 nitrogen and oxygen atoms in total. The molecule has 1 aliphatic carbocycles. The zero-order valence-corrected chi connectivity index (χ0v) is 19.2. The van der Waals surface area contributed by atoms with E-state index in [-0.39, 0.29) is 21.5 Å². The van der Waals surface area contributed by atoms with Gasteiger partial charge in [0.05, 0.1) is 0 Å². The van der Waals surface area contributed by atoms with Crippen LogP contribution in [0.3, 0.4) is 0 Å². The number of hydrogen-bond acceptors (Lipinski definition) is 1. The first-order valence-corrected chi connectivity index (χ1v) is 10.5. The Labute approximate surface area is 167 Å². The number of rotatable bonds is 10. The first-order chi connectivity index (χ1) is 11.6. The van der Waals surface area contributed by atoms with Gasteiger partial charge in [0.15, 0.2) is 0 Å². The minimum atomic E-state index is -0.238. The van der Waals surface area contributed by atoms with E-state index in [1.54, 1.807) is 0 Å². The fraction of sp³-hybridized carbons (Fsp3) is 0.792. The van der Waals surface area contributed by atoms with Crippen molar-refractivity contribution in [2.24, 2.45) is 27.6 Å². The molecule has 1 atom stereocenters. The maximum atomic E-state index is 11.3. The lowest BCUT2D eigenvalue weighted by Gasteiger charge is -2.36. The van der Waals surface area contributed by atoms with Crippen molar-refractivity contribution in [3.63, 3.8) is 0 Å². The Kier molecular flexibility index (Phi) is 7.80. The van der Waals surface area contributed by atoms with Crippen molar-refractivity contribution in [2.75, 3.05) is 0 Å². The van der Waals surface area contributed by atoms with Gasteiger partial charge in [-0.05, 0) is 71.3 Å². The number of carbonyl (C=O) groups excluding carboxylic acids is 1. The van der Waals surface area contributed by atoms with Gasteiger partial charge in [0.1, 0.15) is 0 Å². The summed E-state index contributed by atoms with van der Waals surface area (Å²) in [5.41, 5.74) is 0.466. The smallest absolute Gasteiger partial charge is 0.222 e. The van der Waals surface area contributed by atoms with Crippen molar-refractivity contribution >= 4 is 16.8 Å². The summed E-state index contributed by atoms with van der Waals surface area (Å²) in [5, 5.41) is -0.238. The summed E-state index contributed by atoms with van der Waals surface area (Å²) >= 11 is 5.62. The van der Waals surface area contributed by atoms with Crippen molar-refractivity contribution in [1.82, 2.24) is 0 Å². The van der Waals surface area contributed by atoms with Crippen LogP contribution in [0.5, 0.6) is 0 Å². The van der Waals surface area contributed by atoms with Gasteiger partial charge in [-0.1, -0.05) is 79.7 Å². The average molecular weight is 381 g/mol. The molecule has 0 bridgehead atoms. The summed E-state index contributed by atoms with van der Waals surface area (Å²) in [6.45, 7) is 18.3. The van der Waals surface area contributed by atoms with E-state index in [0.717, 1.165) is 12.3 Å². The van der Waals surface area contributed by atoms with E-state index in [1.165, 1.54) is 25.7 Å². The normalized spacial score (nSPS) is 19.5. The first-order valence-electron chi connectivity index (χ1n) is 10.2. The van der Waals surface area contributed by atoms with Gasteiger partial charge in [-0.15, -0.1) is 0 Å². The van der Waals surface area contributed by atoms with Crippen LogP contribution in [0.15, 0.2) is 24.3 Å². The van der Waals surface area contributed by atoms with Crippen molar-refractivity contribution in [3.8, 4) is 0 Å². The van der Waals surface area contributed by atoms with Crippen molar-refractivity contribution < 1.29 is 4.79 Å². The van der Waals surface area contributed by atoms with Gasteiger partial charge in [0, 0.05) is 6.42 Å². The van der Waals surface area contributed by atoms with Crippen LogP contribution >= 0.6 is 11.6 Å². The first kappa shape index (κ1) is 23.5. The molecule has 26 heavy (non-hydrogen) atoms. The second-order valence-corrected chi connectivity index (χ2v) is 11.9. The molecule has 1 aliphatic rings. The monoisotopic (exact) mass is 380 g/mol. The molecule has 0 aromatic carbocycles. The van der Waals surface area contributed by atoms with Gasteiger partial charge < -0.3 is 0 Å². The van der Waals surface area contributed by atoms with Crippen LogP contribution < -0.4 is 0 Å². The second kappa shape index (κ2) is 8.63. The van der Waals surface area contributed by atoms with E-state index in [2.05, 4.69) is 79.7 Å². The highest BCUT2D eigenvalue weighted by molar-refractivity contribution is 6.63. The lowest BCUT2D eigenvalue weighted by Crippen LogP contribution is -2.26. The molecule has 0 radical (unpaired) electrons. The highest BCUT2D eigenvalue weighted by Gasteiger charge is 2.32. The molecule has 0 fully saturated rings. The maximum absolute atomic E-state index is 11.3. The molecular formula is C24H41ClO. The third-order valence-electron chi connectivity index (χ3n) is 5.40. The summed E-state index contributed by atoms with van der Waals surface area (Å²) in [6.07, 6.45) is 15.9. The van der Waals surface area contributed by atoms with Gasteiger partial charge >= 0.3 is 0 Å². The quantitative estimate of drug-likeness (QED) is 0.277. The zero-order valence-electron chi connectivity index (χ0n) is 18.4. The molecular weight excluding hydrogens is 340 g/mol. The Bertz CT molecular complexity index is 534. The van der Waals surface area contributed by atoms with Crippen LogP contribution in [0.2, 0.25) is 0 Å². The fourth-order valence-corrected chi connectivity index (χ4v) is 5.48. The highest BCUT2D eigenvalue weighted by atomic mass is 35.5. The largest absolute Gasteiger partial charge is 0.281 e. The predicted molar refractivity (Wildman–Crippen MR) is 115 cm³/mol. The van der Waals surface area contributed by atoms with Gasteiger partial charge in [0.25, 0.3) is 0 Å². The summed E-state index contributed by atoms with van der Waals surface area (Å²) in [5.74, 6) is 0.759. The molecule has 0 saturated carbocycles. The molecule has 0 unspecified atom stereocenters. The second-order valence-electron chi connectivity index (χ2n) is 11.5. The lowest BCUT2D eigenvalue weighted by molar-refractivity contribution is -0.113. The molecule has 0 spiro atoms. The Morgan fingerprint density at radius 1 is 0.962 bits per heavy atom. The van der Waals surface area contributed by atoms with E-state index in [4.69, 9.17) is 11.6 Å². The number of allylic oxidation sites excluding steroid dienone is 4. The molecule has 0 N–H and O–H groups in total. The molecule has 0 saturated heterocycles. The molecule has 0 amide bonds. The van der Waals surface area contributed by atoms with Gasteiger partial charge in [-0.2, -0.15) is 0 Å². The molecule has 0 aromatic rings. The molecule has 0 aliphatic heterocycles. The van der Waals surface area contributed by atoms with Crippen LogP contribution in [0.4, 0.5) is 0 Å². The third kappa shape index (κ3) is 9.40. The van der Waals surface area contributed by atoms with E-state index in [0.29, 0.717) is 11.8 Å². The topological polar surface area (TPSA) is 17.1 Å². The Hall–Kier alpha value is -0.560. The van der Waals surface area contributed by atoms with E-state index in [1.807, 2.05) is 0 Å². The van der Waals surface area contributed by atoms with E-state index >= 15 is 0 Å². The van der Waals surface area contributed by atoms with Crippen molar-refractivity contribution in [3.05, 3.63) is 24.3 Å². The van der Waals surface area contributed by atoms with E-state index < -0.39 is 0 Å². The minimum absolute atomic E-state index is 0.0471. The summed E-state index contributed by atoms with van der Waals surface area (Å²) in [4.78, 5) is 11.3. The minimum Gasteiger partial charge on any atom is -0.281 e. The Morgan fingerprint density at radius 3 is 1.88 bits per heavy atom. The van der Waals surface area contributed by atoms with Crippen LogP contribution in [0.25, 0.3) is 0 Å². The van der Waals surface area contributed by atoms with Crippen LogP contribution in [-0.4, -0.2) is 5.24 Å². The predicted octanol–water partition coefficient (Wildman–Crippen LogP) is 7.94. The Balaban J connectivity index is 2.70. The van der Waals surface area contributed by atoms with Crippen molar-refractivity contribution in [1.29, 1.82) is 0 Å². The third-order valence-corrected chi connectivity index (χ3v) is 5.53. The lowest BCUT2D eigenvalue weighted by atomic mass is 9.69. The molecule has 0 heterocycles. The summed E-state index contributed by atoms with van der Waals surface area (Å²) < 4.78 is 0. The van der Waals surface area contributed by atoms with Crippen LogP contribution in [-0.2, 0) is 4.79 Å². The number of carbonyl (C=O) groups is 1. The standard InChI is InChI=1S/C24H41ClO/c1-21(2,17-23(5,6)15-19-11-9-10-12-19)13-14-22(3,4)18-24(7,8)16-20(25)26/h9,11,13-14,19H,10,12,15-18H2,1-8H3/b14-13+/t19-/m0/s1. The highest BCUT2D eigenvalue weighted by Crippen LogP contribution is 2.43. The molecule has 0 aromatic heterocycles. The van der Waals surface area contributed by atoms with Gasteiger partial charge in [-0.25, -0.2) is 0 Å². The Morgan fingerprint density at radius 2 is 1.46 bits per heavy atom. The molecule has 1 rings (SSSR count). The fourth-order valence-electron chi connectivity index (χ4n) is 5.12. The number of halogens is 1. The summed E-state index contributed by atoms with van der Waals surface area (Å²) in [6, 6.07) is 0. The van der Waals surface area contributed by atoms with Gasteiger partial charge in [-0.3, -0.25) is 4.79 Å². The zero-order chi connectivity index (χ0) is 20.2.